The summed E-state index contributed by atoms with van der Waals surface area (Å²) in [6.45, 7) is 1.30. The van der Waals surface area contributed by atoms with Crippen molar-refractivity contribution in [3.05, 3.63) is 67.6 Å². The van der Waals surface area contributed by atoms with Crippen LogP contribution in [0.2, 0.25) is 20.1 Å². The Morgan fingerprint density at radius 2 is 0.875 bits per heavy atom. The van der Waals surface area contributed by atoms with Gasteiger partial charge in [-0.2, -0.15) is 0 Å². The Morgan fingerprint density at radius 3 is 1.22 bits per heavy atom. The van der Waals surface area contributed by atoms with Gasteiger partial charge in [-0.1, -0.05) is 84.9 Å². The minimum Gasteiger partial charge on any atom is -0.352 e. The molecule has 0 fully saturated rings. The van der Waals surface area contributed by atoms with Gasteiger partial charge in [0.15, 0.2) is 0 Å². The van der Waals surface area contributed by atoms with Crippen LogP contribution in [0.1, 0.15) is 72.1 Å². The molecule has 0 atom stereocenters. The van der Waals surface area contributed by atoms with Gasteiger partial charge in [0.05, 0.1) is 20.1 Å². The Kier molecular flexibility index (Phi) is 12.3. The summed E-state index contributed by atoms with van der Waals surface area (Å²) in [4.78, 5) is 24.1. The van der Waals surface area contributed by atoms with E-state index in [1.54, 1.807) is 36.4 Å². The van der Waals surface area contributed by atoms with Crippen LogP contribution in [-0.2, 0) is 0 Å². The Labute approximate surface area is 210 Å². The molecule has 8 heteroatoms. The molecule has 0 radical (unpaired) electrons. The van der Waals surface area contributed by atoms with Crippen molar-refractivity contribution in [2.24, 2.45) is 0 Å². The average molecular weight is 518 g/mol. The number of halogens is 4. The predicted molar refractivity (Wildman–Crippen MR) is 135 cm³/mol. The third-order valence-corrected chi connectivity index (χ3v) is 6.52. The zero-order valence-corrected chi connectivity index (χ0v) is 20.9. The molecule has 0 saturated heterocycles. The maximum absolute atomic E-state index is 12.1. The quantitative estimate of drug-likeness (QED) is 0.269. The Hall–Kier alpha value is -1.46. The van der Waals surface area contributed by atoms with E-state index in [0.29, 0.717) is 44.3 Å². The number of unbranched alkanes of at least 4 members (excludes halogenated alkanes) is 7. The van der Waals surface area contributed by atoms with Crippen LogP contribution in [0, 0.1) is 0 Å². The number of carbonyl (C=O) groups is 2. The van der Waals surface area contributed by atoms with E-state index in [1.807, 2.05) is 0 Å². The van der Waals surface area contributed by atoms with E-state index in [9.17, 15) is 9.59 Å². The second-order valence-corrected chi connectivity index (χ2v) is 9.23. The second kappa shape index (κ2) is 14.6. The lowest BCUT2D eigenvalue weighted by Gasteiger charge is -2.07. The molecule has 2 aromatic rings. The minimum atomic E-state index is -0.130. The highest BCUT2D eigenvalue weighted by Crippen LogP contribution is 2.23. The van der Waals surface area contributed by atoms with Crippen LogP contribution in [0.3, 0.4) is 0 Å². The molecule has 0 spiro atoms. The maximum atomic E-state index is 12.1. The molecule has 2 aromatic carbocycles. The largest absolute Gasteiger partial charge is 0.352 e. The first kappa shape index (κ1) is 26.8. The van der Waals surface area contributed by atoms with E-state index < -0.39 is 0 Å². The molecule has 174 valence electrons. The molecule has 0 aromatic heterocycles. The Bertz CT molecular complexity index is 832. The smallest absolute Gasteiger partial charge is 0.251 e. The summed E-state index contributed by atoms with van der Waals surface area (Å²) in [6, 6.07) is 9.76. The highest BCUT2D eigenvalue weighted by Gasteiger charge is 2.08. The summed E-state index contributed by atoms with van der Waals surface area (Å²) < 4.78 is 0. The first-order valence-corrected chi connectivity index (χ1v) is 12.4. The highest BCUT2D eigenvalue weighted by molar-refractivity contribution is 6.42. The summed E-state index contributed by atoms with van der Waals surface area (Å²) in [5.41, 5.74) is 1.04. The SMILES string of the molecule is O=C(NCCCCCCCCCCNC(=O)c1ccc(Cl)c(Cl)c1)c1ccc(Cl)c(Cl)c1. The van der Waals surface area contributed by atoms with Crippen molar-refractivity contribution in [3.63, 3.8) is 0 Å². The third kappa shape index (κ3) is 9.58. The molecule has 2 N–H and O–H groups in total. The van der Waals surface area contributed by atoms with Gasteiger partial charge in [-0.15, -0.1) is 0 Å². The van der Waals surface area contributed by atoms with Gasteiger partial charge in [-0.05, 0) is 49.2 Å². The van der Waals surface area contributed by atoms with Gasteiger partial charge in [-0.3, -0.25) is 9.59 Å². The fourth-order valence-corrected chi connectivity index (χ4v) is 3.79. The van der Waals surface area contributed by atoms with Gasteiger partial charge < -0.3 is 10.6 Å². The molecule has 2 rings (SSSR count). The van der Waals surface area contributed by atoms with E-state index in [4.69, 9.17) is 46.4 Å². The highest BCUT2D eigenvalue weighted by atomic mass is 35.5. The lowest BCUT2D eigenvalue weighted by atomic mass is 10.1. The van der Waals surface area contributed by atoms with Gasteiger partial charge in [0.2, 0.25) is 0 Å². The third-order valence-electron chi connectivity index (χ3n) is 5.04. The number of rotatable bonds is 13. The molecule has 0 aliphatic heterocycles. The van der Waals surface area contributed by atoms with E-state index >= 15 is 0 Å². The van der Waals surface area contributed by atoms with Gasteiger partial charge >= 0.3 is 0 Å². The fourth-order valence-electron chi connectivity index (χ4n) is 3.19. The maximum Gasteiger partial charge on any atom is 0.251 e. The molecule has 32 heavy (non-hydrogen) atoms. The molecule has 0 saturated carbocycles. The zero-order valence-electron chi connectivity index (χ0n) is 17.9. The van der Waals surface area contributed by atoms with Crippen molar-refractivity contribution in [1.29, 1.82) is 0 Å². The number of benzene rings is 2. The van der Waals surface area contributed by atoms with Crippen LogP contribution >= 0.6 is 46.4 Å². The Morgan fingerprint density at radius 1 is 0.531 bits per heavy atom. The molecule has 0 bridgehead atoms. The summed E-state index contributed by atoms with van der Waals surface area (Å²) in [5, 5.41) is 7.46. The van der Waals surface area contributed by atoms with Crippen molar-refractivity contribution < 1.29 is 9.59 Å². The van der Waals surface area contributed by atoms with Crippen molar-refractivity contribution in [2.75, 3.05) is 13.1 Å². The van der Waals surface area contributed by atoms with Crippen LogP contribution in [0.4, 0.5) is 0 Å². The standard InChI is InChI=1S/C24H28Cl4N2O2/c25-19-11-9-17(15-21(19)27)23(31)29-13-7-5-3-1-2-4-6-8-14-30-24(32)18-10-12-20(26)22(28)16-18/h9-12,15-16H,1-8,13-14H2,(H,29,31)(H,30,32). The molecule has 4 nitrogen and oxygen atoms in total. The molecular formula is C24H28Cl4N2O2. The first-order chi connectivity index (χ1) is 15.4. The van der Waals surface area contributed by atoms with Crippen molar-refractivity contribution >= 4 is 58.2 Å². The number of hydrogen-bond acceptors (Lipinski definition) is 2. The number of amides is 2. The van der Waals surface area contributed by atoms with Gasteiger partial charge in [0, 0.05) is 24.2 Å². The first-order valence-electron chi connectivity index (χ1n) is 10.8. The van der Waals surface area contributed by atoms with Crippen LogP contribution in [0.25, 0.3) is 0 Å². The van der Waals surface area contributed by atoms with Gasteiger partial charge in [-0.25, -0.2) is 0 Å². The van der Waals surface area contributed by atoms with Gasteiger partial charge in [0.1, 0.15) is 0 Å². The molecule has 0 aliphatic carbocycles. The fraction of sp³-hybridized carbons (Fsp3) is 0.417. The van der Waals surface area contributed by atoms with Crippen molar-refractivity contribution in [3.8, 4) is 0 Å². The van der Waals surface area contributed by atoms with Crippen LogP contribution in [-0.4, -0.2) is 24.9 Å². The minimum absolute atomic E-state index is 0.130. The summed E-state index contributed by atoms with van der Waals surface area (Å²) in [5.74, 6) is -0.260. The molecule has 2 amide bonds. The average Bonchev–Trinajstić information content (AvgIpc) is 2.77. The topological polar surface area (TPSA) is 58.2 Å². The Balaban J connectivity index is 1.43. The lowest BCUT2D eigenvalue weighted by Crippen LogP contribution is -2.24. The normalized spacial score (nSPS) is 10.8. The number of hydrogen-bond donors (Lipinski definition) is 2. The van der Waals surface area contributed by atoms with Crippen molar-refractivity contribution in [2.45, 2.75) is 51.4 Å². The zero-order chi connectivity index (χ0) is 23.3. The molecule has 0 heterocycles. The van der Waals surface area contributed by atoms with Crippen molar-refractivity contribution in [1.82, 2.24) is 10.6 Å². The summed E-state index contributed by atoms with van der Waals surface area (Å²) >= 11 is 23.6. The van der Waals surface area contributed by atoms with Crippen LogP contribution < -0.4 is 10.6 Å². The predicted octanol–water partition coefficient (Wildman–Crippen LogP) is 7.58. The lowest BCUT2D eigenvalue weighted by molar-refractivity contribution is 0.0944. The van der Waals surface area contributed by atoms with E-state index in [2.05, 4.69) is 10.6 Å². The van der Waals surface area contributed by atoms with Gasteiger partial charge in [0.25, 0.3) is 11.8 Å². The molecule has 0 unspecified atom stereocenters. The van der Waals surface area contributed by atoms with E-state index in [-0.39, 0.29) is 11.8 Å². The number of nitrogens with one attached hydrogen (secondary N) is 2. The molecule has 0 aliphatic rings. The van der Waals surface area contributed by atoms with E-state index in [1.165, 1.54) is 12.8 Å². The number of carbonyl (C=O) groups excluding carboxylic acids is 2. The summed E-state index contributed by atoms with van der Waals surface area (Å²) in [6.07, 6.45) is 8.73. The monoisotopic (exact) mass is 516 g/mol. The summed E-state index contributed by atoms with van der Waals surface area (Å²) in [7, 11) is 0. The molecular weight excluding hydrogens is 490 g/mol. The van der Waals surface area contributed by atoms with E-state index in [0.717, 1.165) is 38.5 Å². The van der Waals surface area contributed by atoms with Crippen LogP contribution in [0.5, 0.6) is 0 Å². The second-order valence-electron chi connectivity index (χ2n) is 7.60. The van der Waals surface area contributed by atoms with Crippen LogP contribution in [0.15, 0.2) is 36.4 Å².